The second-order valence-electron chi connectivity index (χ2n) is 6.59. The molecule has 0 aliphatic carbocycles. The molecule has 0 unspecified atom stereocenters. The average Bonchev–Trinajstić information content (AvgIpc) is 3.25. The van der Waals surface area contributed by atoms with Gasteiger partial charge in [-0.25, -0.2) is 0 Å². The van der Waals surface area contributed by atoms with E-state index < -0.39 is 0 Å². The number of thioether (sulfide) groups is 2. The van der Waals surface area contributed by atoms with Crippen molar-refractivity contribution >= 4 is 52.4 Å². The van der Waals surface area contributed by atoms with Crippen molar-refractivity contribution in [2.24, 2.45) is 0 Å². The van der Waals surface area contributed by atoms with E-state index in [1.54, 1.807) is 36.0 Å². The number of amides is 2. The monoisotopic (exact) mass is 472 g/mol. The summed E-state index contributed by atoms with van der Waals surface area (Å²) in [4.78, 5) is 25.1. The molecule has 0 atom stereocenters. The molecule has 2 N–H and O–H groups in total. The molecule has 3 rings (SSSR count). The van der Waals surface area contributed by atoms with E-state index >= 15 is 0 Å². The van der Waals surface area contributed by atoms with Crippen molar-refractivity contribution in [2.75, 3.05) is 16.8 Å². The lowest BCUT2D eigenvalue weighted by Gasteiger charge is -2.11. The molecule has 0 saturated carbocycles. The lowest BCUT2D eigenvalue weighted by atomic mass is 10.1. The number of carbonyl (C=O) groups is 2. The number of nitrogens with zero attached hydrogens (tertiary/aromatic N) is 2. The number of hydrogen-bond acceptors (Lipinski definition) is 7. The quantitative estimate of drug-likeness (QED) is 0.299. The van der Waals surface area contributed by atoms with E-state index in [0.29, 0.717) is 17.8 Å². The van der Waals surface area contributed by atoms with Crippen molar-refractivity contribution in [1.82, 2.24) is 15.5 Å². The maximum absolute atomic E-state index is 12.6. The topological polar surface area (TPSA) is 84.0 Å². The zero-order chi connectivity index (χ0) is 21.9. The van der Waals surface area contributed by atoms with E-state index in [-0.39, 0.29) is 17.6 Å². The number of anilines is 1. The third-order valence-corrected chi connectivity index (χ3v) is 7.46. The van der Waals surface area contributed by atoms with Gasteiger partial charge in [-0.1, -0.05) is 90.7 Å². The highest BCUT2D eigenvalue weighted by atomic mass is 32.2. The lowest BCUT2D eigenvalue weighted by molar-refractivity contribution is -0.113. The predicted molar refractivity (Wildman–Crippen MR) is 129 cm³/mol. The Labute approximate surface area is 194 Å². The molecule has 0 aliphatic heterocycles. The van der Waals surface area contributed by atoms with E-state index in [1.165, 1.54) is 23.1 Å². The maximum Gasteiger partial charge on any atom is 0.253 e. The van der Waals surface area contributed by atoms with Gasteiger partial charge in [0.1, 0.15) is 0 Å². The van der Waals surface area contributed by atoms with Crippen LogP contribution in [0.4, 0.5) is 5.69 Å². The third-order valence-electron chi connectivity index (χ3n) is 4.18. The molecule has 1 heterocycles. The minimum absolute atomic E-state index is 0.191. The summed E-state index contributed by atoms with van der Waals surface area (Å²) in [5, 5.41) is 14.0. The van der Waals surface area contributed by atoms with Crippen molar-refractivity contribution in [3.05, 3.63) is 65.7 Å². The van der Waals surface area contributed by atoms with E-state index in [1.807, 2.05) is 30.3 Å². The zero-order valence-corrected chi connectivity index (χ0v) is 19.6. The maximum atomic E-state index is 12.6. The molecule has 0 fully saturated rings. The Bertz CT molecular complexity index is 995. The Morgan fingerprint density at radius 1 is 0.968 bits per heavy atom. The van der Waals surface area contributed by atoms with Crippen LogP contribution in [-0.2, 0) is 11.3 Å². The van der Waals surface area contributed by atoms with Crippen molar-refractivity contribution < 1.29 is 9.59 Å². The Morgan fingerprint density at radius 2 is 1.68 bits per heavy atom. The number of para-hydroxylation sites is 1. The summed E-state index contributed by atoms with van der Waals surface area (Å²) in [7, 11) is 0. The highest BCUT2D eigenvalue weighted by Gasteiger charge is 2.14. The largest absolute Gasteiger partial charge is 0.348 e. The van der Waals surface area contributed by atoms with Crippen LogP contribution in [0.2, 0.25) is 0 Å². The fourth-order valence-corrected chi connectivity index (χ4v) is 5.57. The highest BCUT2D eigenvalue weighted by Crippen LogP contribution is 2.29. The van der Waals surface area contributed by atoms with Crippen molar-refractivity contribution in [2.45, 2.75) is 35.0 Å². The van der Waals surface area contributed by atoms with Gasteiger partial charge < -0.3 is 10.6 Å². The average molecular weight is 473 g/mol. The second-order valence-corrected chi connectivity index (χ2v) is 10.1. The summed E-state index contributed by atoms with van der Waals surface area (Å²) in [6, 6.07) is 16.7. The van der Waals surface area contributed by atoms with Crippen LogP contribution in [0.1, 0.15) is 35.7 Å². The number of nitrogens with one attached hydrogen (secondary N) is 2. The number of hydrogen-bond donors (Lipinski definition) is 2. The van der Waals surface area contributed by atoms with Gasteiger partial charge in [0.05, 0.1) is 17.0 Å². The van der Waals surface area contributed by atoms with Gasteiger partial charge in [0.15, 0.2) is 8.68 Å². The number of unbranched alkanes of at least 4 members (excludes halogenated alkanes) is 1. The molecule has 0 saturated heterocycles. The molecule has 0 bridgehead atoms. The fourth-order valence-electron chi connectivity index (χ4n) is 2.59. The van der Waals surface area contributed by atoms with Gasteiger partial charge >= 0.3 is 0 Å². The molecular weight excluding hydrogens is 448 g/mol. The standard InChI is InChI=1S/C22H24N4O2S3/c1-2-3-13-29-21-25-26-22(31-21)30-15-19(27)24-18-12-8-7-11-17(18)20(28)23-14-16-9-5-4-6-10-16/h4-12H,2-3,13-15H2,1H3,(H,23,28)(H,24,27). The highest BCUT2D eigenvalue weighted by molar-refractivity contribution is 8.03. The summed E-state index contributed by atoms with van der Waals surface area (Å²) >= 11 is 4.55. The van der Waals surface area contributed by atoms with Crippen LogP contribution in [0.3, 0.4) is 0 Å². The Morgan fingerprint density at radius 3 is 2.45 bits per heavy atom. The molecular formula is C22H24N4O2S3. The van der Waals surface area contributed by atoms with Crippen molar-refractivity contribution in [3.8, 4) is 0 Å². The van der Waals surface area contributed by atoms with Crippen LogP contribution in [0.15, 0.2) is 63.3 Å². The molecule has 2 amide bonds. The van der Waals surface area contributed by atoms with Crippen LogP contribution in [0.25, 0.3) is 0 Å². The minimum atomic E-state index is -0.231. The van der Waals surface area contributed by atoms with E-state index in [0.717, 1.165) is 32.8 Å². The van der Waals surface area contributed by atoms with Crippen LogP contribution in [0, 0.1) is 0 Å². The smallest absolute Gasteiger partial charge is 0.253 e. The van der Waals surface area contributed by atoms with E-state index in [4.69, 9.17) is 0 Å². The first-order chi connectivity index (χ1) is 15.2. The van der Waals surface area contributed by atoms with Gasteiger partial charge in [-0.15, -0.1) is 10.2 Å². The zero-order valence-electron chi connectivity index (χ0n) is 17.2. The van der Waals surface area contributed by atoms with Crippen molar-refractivity contribution in [3.63, 3.8) is 0 Å². The van der Waals surface area contributed by atoms with Gasteiger partial charge in [-0.3, -0.25) is 9.59 Å². The molecule has 1 aromatic heterocycles. The summed E-state index contributed by atoms with van der Waals surface area (Å²) in [6.45, 7) is 2.58. The van der Waals surface area contributed by atoms with E-state index in [9.17, 15) is 9.59 Å². The first-order valence-corrected chi connectivity index (χ1v) is 12.7. The Balaban J connectivity index is 1.51. The number of carbonyl (C=O) groups excluding carboxylic acids is 2. The Kier molecular flexibility index (Phi) is 9.39. The molecule has 9 heteroatoms. The van der Waals surface area contributed by atoms with Gasteiger partial charge in [0.25, 0.3) is 5.91 Å². The number of rotatable bonds is 11. The normalized spacial score (nSPS) is 10.6. The molecule has 3 aromatic rings. The Hall–Kier alpha value is -2.36. The predicted octanol–water partition coefficient (Wildman–Crippen LogP) is 5.09. The van der Waals surface area contributed by atoms with Gasteiger partial charge in [-0.2, -0.15) is 0 Å². The molecule has 6 nitrogen and oxygen atoms in total. The number of aromatic nitrogens is 2. The minimum Gasteiger partial charge on any atom is -0.348 e. The summed E-state index contributed by atoms with van der Waals surface area (Å²) in [5.74, 6) is 0.808. The molecule has 162 valence electrons. The van der Waals surface area contributed by atoms with E-state index in [2.05, 4.69) is 27.8 Å². The molecule has 0 spiro atoms. The van der Waals surface area contributed by atoms with Crippen LogP contribution in [0.5, 0.6) is 0 Å². The first-order valence-electron chi connectivity index (χ1n) is 9.96. The molecule has 31 heavy (non-hydrogen) atoms. The molecule has 2 aromatic carbocycles. The third kappa shape index (κ3) is 7.68. The van der Waals surface area contributed by atoms with Crippen molar-refractivity contribution in [1.29, 1.82) is 0 Å². The summed E-state index contributed by atoms with van der Waals surface area (Å²) < 4.78 is 1.69. The first kappa shape index (κ1) is 23.3. The second kappa shape index (κ2) is 12.5. The van der Waals surface area contributed by atoms with Gasteiger partial charge in [0, 0.05) is 12.3 Å². The number of benzene rings is 2. The SMILES string of the molecule is CCCCSc1nnc(SCC(=O)Nc2ccccc2C(=O)NCc2ccccc2)s1. The fraction of sp³-hybridized carbons (Fsp3) is 0.273. The van der Waals surface area contributed by atoms with Crippen LogP contribution in [-0.4, -0.2) is 33.5 Å². The molecule has 0 radical (unpaired) electrons. The van der Waals surface area contributed by atoms with Gasteiger partial charge in [0.2, 0.25) is 5.91 Å². The summed E-state index contributed by atoms with van der Waals surface area (Å²) in [6.07, 6.45) is 2.30. The van der Waals surface area contributed by atoms with Crippen LogP contribution >= 0.6 is 34.9 Å². The summed E-state index contributed by atoms with van der Waals surface area (Å²) in [5.41, 5.74) is 1.94. The van der Waals surface area contributed by atoms with Gasteiger partial charge in [-0.05, 0) is 24.1 Å². The molecule has 0 aliphatic rings. The van der Waals surface area contributed by atoms with Crippen LogP contribution < -0.4 is 10.6 Å². The lowest BCUT2D eigenvalue weighted by Crippen LogP contribution is -2.25.